The molecule has 33 heavy (non-hydrogen) atoms. The van der Waals surface area contributed by atoms with Gasteiger partial charge in [-0.25, -0.2) is 0 Å². The minimum Gasteiger partial charge on any atom is -0.392 e. The summed E-state index contributed by atoms with van der Waals surface area (Å²) in [6, 6.07) is 19.1. The molecule has 2 heterocycles. The van der Waals surface area contributed by atoms with Crippen molar-refractivity contribution >= 4 is 29.1 Å². The number of nitrogens with zero attached hydrogens (tertiary/aromatic N) is 3. The van der Waals surface area contributed by atoms with Gasteiger partial charge in [0.15, 0.2) is 0 Å². The maximum absolute atomic E-state index is 13.7. The van der Waals surface area contributed by atoms with Crippen LogP contribution in [0.25, 0.3) is 0 Å². The van der Waals surface area contributed by atoms with Crippen LogP contribution in [0.15, 0.2) is 73.1 Å². The van der Waals surface area contributed by atoms with Gasteiger partial charge in [0.25, 0.3) is 0 Å². The van der Waals surface area contributed by atoms with E-state index in [4.69, 9.17) is 23.2 Å². The number of carbonyl (C=O) groups is 1. The molecule has 7 heteroatoms. The number of aromatic nitrogens is 1. The number of rotatable bonds is 8. The van der Waals surface area contributed by atoms with Crippen molar-refractivity contribution in [3.63, 3.8) is 0 Å². The van der Waals surface area contributed by atoms with Crippen molar-refractivity contribution in [2.45, 2.75) is 31.5 Å². The largest absolute Gasteiger partial charge is 0.392 e. The third-order valence-corrected chi connectivity index (χ3v) is 6.74. The van der Waals surface area contributed by atoms with E-state index in [0.29, 0.717) is 29.7 Å². The number of hydrogen-bond acceptors (Lipinski definition) is 4. The molecule has 1 amide bonds. The van der Waals surface area contributed by atoms with Crippen LogP contribution in [0.3, 0.4) is 0 Å². The van der Waals surface area contributed by atoms with Crippen LogP contribution in [-0.2, 0) is 17.8 Å². The molecular weight excluding hydrogens is 457 g/mol. The molecular formula is C26H27Cl2N3O2. The van der Waals surface area contributed by atoms with E-state index in [1.807, 2.05) is 41.3 Å². The van der Waals surface area contributed by atoms with Crippen molar-refractivity contribution in [3.8, 4) is 0 Å². The zero-order valence-corrected chi connectivity index (χ0v) is 19.8. The van der Waals surface area contributed by atoms with Crippen molar-refractivity contribution in [2.24, 2.45) is 0 Å². The second-order valence-corrected chi connectivity index (χ2v) is 9.25. The van der Waals surface area contributed by atoms with Gasteiger partial charge in [0.05, 0.1) is 28.6 Å². The molecule has 1 fully saturated rings. The number of pyridine rings is 1. The highest BCUT2D eigenvalue weighted by Gasteiger charge is 2.30. The Balaban J connectivity index is 1.66. The van der Waals surface area contributed by atoms with Crippen molar-refractivity contribution < 1.29 is 9.90 Å². The van der Waals surface area contributed by atoms with Crippen LogP contribution in [0.1, 0.15) is 29.2 Å². The minimum atomic E-state index is -0.318. The maximum atomic E-state index is 13.7. The van der Waals surface area contributed by atoms with Crippen molar-refractivity contribution in [1.29, 1.82) is 0 Å². The first kappa shape index (κ1) is 23.7. The fourth-order valence-electron chi connectivity index (χ4n) is 4.26. The fraction of sp³-hybridized carbons (Fsp3) is 0.308. The Morgan fingerprint density at radius 3 is 2.48 bits per heavy atom. The van der Waals surface area contributed by atoms with Gasteiger partial charge in [-0.2, -0.15) is 0 Å². The normalized spacial score (nSPS) is 17.1. The minimum absolute atomic E-state index is 0.00111. The summed E-state index contributed by atoms with van der Waals surface area (Å²) < 4.78 is 0. The standard InChI is InChI=1S/C26H27Cl2N3O2/c27-23-7-6-20(14-24(23)28)15-26(33)31(16-19-8-11-29-12-9-19)25(21-4-2-1-3-5-21)18-30-13-10-22(32)17-30/h1-9,11-12,14,22,25,32H,10,13,15-18H2/t22-,25+/m0/s1. The first-order chi connectivity index (χ1) is 16.0. The van der Waals surface area contributed by atoms with Crippen LogP contribution in [0.2, 0.25) is 10.0 Å². The van der Waals surface area contributed by atoms with Gasteiger partial charge < -0.3 is 10.0 Å². The molecule has 0 unspecified atom stereocenters. The van der Waals surface area contributed by atoms with E-state index < -0.39 is 0 Å². The van der Waals surface area contributed by atoms with Crippen LogP contribution >= 0.6 is 23.2 Å². The third-order valence-electron chi connectivity index (χ3n) is 6.00. The summed E-state index contributed by atoms with van der Waals surface area (Å²) in [6.45, 7) is 2.54. The van der Waals surface area contributed by atoms with Gasteiger partial charge in [-0.1, -0.05) is 59.6 Å². The second-order valence-electron chi connectivity index (χ2n) is 8.43. The summed E-state index contributed by atoms with van der Waals surface area (Å²) in [5.41, 5.74) is 2.89. The van der Waals surface area contributed by atoms with Gasteiger partial charge in [-0.05, 0) is 47.4 Å². The molecule has 0 aliphatic carbocycles. The molecule has 0 spiro atoms. The molecule has 1 saturated heterocycles. The predicted molar refractivity (Wildman–Crippen MR) is 131 cm³/mol. The Morgan fingerprint density at radius 2 is 1.82 bits per heavy atom. The summed E-state index contributed by atoms with van der Waals surface area (Å²) in [7, 11) is 0. The van der Waals surface area contributed by atoms with Crippen molar-refractivity contribution in [3.05, 3.63) is 99.8 Å². The smallest absolute Gasteiger partial charge is 0.227 e. The Morgan fingerprint density at radius 1 is 1.06 bits per heavy atom. The van der Waals surface area contributed by atoms with Gasteiger partial charge >= 0.3 is 0 Å². The van der Waals surface area contributed by atoms with E-state index >= 15 is 0 Å². The average Bonchev–Trinajstić information content (AvgIpc) is 3.24. The Bertz CT molecular complexity index is 1070. The molecule has 5 nitrogen and oxygen atoms in total. The number of likely N-dealkylation sites (tertiary alicyclic amines) is 1. The molecule has 3 aromatic rings. The summed E-state index contributed by atoms with van der Waals surface area (Å²) in [4.78, 5) is 22.0. The lowest BCUT2D eigenvalue weighted by Gasteiger charge is -2.35. The molecule has 0 radical (unpaired) electrons. The van der Waals surface area contributed by atoms with Crippen LogP contribution < -0.4 is 0 Å². The fourth-order valence-corrected chi connectivity index (χ4v) is 4.59. The predicted octanol–water partition coefficient (Wildman–Crippen LogP) is 4.77. The topological polar surface area (TPSA) is 56.7 Å². The molecule has 2 aromatic carbocycles. The molecule has 4 rings (SSSR count). The average molecular weight is 484 g/mol. The second kappa shape index (κ2) is 11.1. The van der Waals surface area contributed by atoms with Crippen LogP contribution in [0.5, 0.6) is 0 Å². The molecule has 2 atom stereocenters. The molecule has 0 saturated carbocycles. The Labute approximate surface area is 204 Å². The maximum Gasteiger partial charge on any atom is 0.227 e. The van der Waals surface area contributed by atoms with Crippen molar-refractivity contribution in [2.75, 3.05) is 19.6 Å². The van der Waals surface area contributed by atoms with E-state index in [0.717, 1.165) is 29.7 Å². The number of aliphatic hydroxyl groups is 1. The number of benzene rings is 2. The molecule has 1 aliphatic rings. The third kappa shape index (κ3) is 6.33. The Hall–Kier alpha value is -2.44. The van der Waals surface area contributed by atoms with Gasteiger partial charge in [0.1, 0.15) is 0 Å². The lowest BCUT2D eigenvalue weighted by molar-refractivity contribution is -0.134. The monoisotopic (exact) mass is 483 g/mol. The highest BCUT2D eigenvalue weighted by atomic mass is 35.5. The van der Waals surface area contributed by atoms with Crippen LogP contribution in [-0.4, -0.2) is 51.5 Å². The summed E-state index contributed by atoms with van der Waals surface area (Å²) >= 11 is 12.3. The summed E-state index contributed by atoms with van der Waals surface area (Å²) in [5.74, 6) is -0.00111. The molecule has 1 aliphatic heterocycles. The van der Waals surface area contributed by atoms with Gasteiger partial charge in [0, 0.05) is 38.6 Å². The Kier molecular flexibility index (Phi) is 7.99. The number of halogens is 2. The number of hydrogen-bond donors (Lipinski definition) is 1. The lowest BCUT2D eigenvalue weighted by Crippen LogP contribution is -2.41. The SMILES string of the molecule is O=C(Cc1ccc(Cl)c(Cl)c1)N(Cc1ccncc1)[C@H](CN1CC[C@H](O)C1)c1ccccc1. The van der Waals surface area contributed by atoms with E-state index in [-0.39, 0.29) is 24.5 Å². The van der Waals surface area contributed by atoms with E-state index in [1.54, 1.807) is 24.5 Å². The van der Waals surface area contributed by atoms with Gasteiger partial charge in [-0.15, -0.1) is 0 Å². The van der Waals surface area contributed by atoms with E-state index in [2.05, 4.69) is 22.0 Å². The lowest BCUT2D eigenvalue weighted by atomic mass is 10.0. The molecule has 1 aromatic heterocycles. The number of β-amino-alcohol motifs (C(OH)–C–C–N with tert-alkyl or cyclic N) is 1. The quantitative estimate of drug-likeness (QED) is 0.501. The first-order valence-corrected chi connectivity index (χ1v) is 11.8. The number of amides is 1. The highest BCUT2D eigenvalue weighted by molar-refractivity contribution is 6.42. The van der Waals surface area contributed by atoms with Crippen LogP contribution in [0.4, 0.5) is 0 Å². The zero-order chi connectivity index (χ0) is 23.2. The summed E-state index contributed by atoms with van der Waals surface area (Å²) in [5, 5.41) is 11.0. The summed E-state index contributed by atoms with van der Waals surface area (Å²) in [6.07, 6.45) is 4.13. The highest BCUT2D eigenvalue weighted by Crippen LogP contribution is 2.28. The van der Waals surface area contributed by atoms with Gasteiger partial charge in [0.2, 0.25) is 5.91 Å². The number of aliphatic hydroxyl groups excluding tert-OH is 1. The van der Waals surface area contributed by atoms with E-state index in [1.165, 1.54) is 0 Å². The van der Waals surface area contributed by atoms with E-state index in [9.17, 15) is 9.90 Å². The van der Waals surface area contributed by atoms with Crippen LogP contribution in [0, 0.1) is 0 Å². The first-order valence-electron chi connectivity index (χ1n) is 11.1. The zero-order valence-electron chi connectivity index (χ0n) is 18.3. The van der Waals surface area contributed by atoms with Gasteiger partial charge in [-0.3, -0.25) is 14.7 Å². The molecule has 0 bridgehead atoms. The molecule has 1 N–H and O–H groups in total. The molecule has 172 valence electrons. The van der Waals surface area contributed by atoms with Crippen molar-refractivity contribution in [1.82, 2.24) is 14.8 Å². The number of carbonyl (C=O) groups excluding carboxylic acids is 1.